The number of carbonyl (C=O) groups is 1. The molecule has 0 aromatic heterocycles. The second kappa shape index (κ2) is 11.1. The molecular weight excluding hydrogens is 474 g/mol. The summed E-state index contributed by atoms with van der Waals surface area (Å²) in [6.45, 7) is 6.60. The predicted molar refractivity (Wildman–Crippen MR) is 143 cm³/mol. The average Bonchev–Trinajstić information content (AvgIpc) is 2.86. The molecule has 0 saturated carbocycles. The molecule has 3 aromatic rings. The monoisotopic (exact) mass is 507 g/mol. The molecular formula is C28H33N3O4S. The first-order valence-corrected chi connectivity index (χ1v) is 13.6. The summed E-state index contributed by atoms with van der Waals surface area (Å²) in [5.41, 5.74) is 4.40. The van der Waals surface area contributed by atoms with Gasteiger partial charge in [0.1, 0.15) is 5.75 Å². The minimum absolute atomic E-state index is 0.0248. The first kappa shape index (κ1) is 25.7. The fourth-order valence-electron chi connectivity index (χ4n) is 4.37. The number of aryl methyl sites for hydroxylation is 2. The van der Waals surface area contributed by atoms with E-state index in [0.29, 0.717) is 17.1 Å². The molecule has 7 nitrogen and oxygen atoms in total. The number of likely N-dealkylation sites (tertiary alicyclic amines) is 1. The smallest absolute Gasteiger partial charge is 0.262 e. The van der Waals surface area contributed by atoms with Crippen molar-refractivity contribution in [3.05, 3.63) is 83.4 Å². The van der Waals surface area contributed by atoms with Crippen molar-refractivity contribution in [2.45, 2.75) is 38.1 Å². The fraction of sp³-hybridized carbons (Fsp3) is 0.321. The van der Waals surface area contributed by atoms with Crippen molar-refractivity contribution in [2.75, 3.05) is 30.2 Å². The van der Waals surface area contributed by atoms with Crippen LogP contribution in [0.1, 0.15) is 29.5 Å². The van der Waals surface area contributed by atoms with Crippen molar-refractivity contribution >= 4 is 27.3 Å². The average molecular weight is 508 g/mol. The summed E-state index contributed by atoms with van der Waals surface area (Å²) in [7, 11) is -2.32. The Morgan fingerprint density at radius 3 is 2.22 bits per heavy atom. The summed E-state index contributed by atoms with van der Waals surface area (Å²) >= 11 is 0. The molecule has 2 N–H and O–H groups in total. The van der Waals surface area contributed by atoms with E-state index in [9.17, 15) is 13.2 Å². The highest BCUT2D eigenvalue weighted by molar-refractivity contribution is 7.92. The van der Waals surface area contributed by atoms with E-state index in [1.165, 1.54) is 30.4 Å². The minimum Gasteiger partial charge on any atom is -0.495 e. The lowest BCUT2D eigenvalue weighted by molar-refractivity contribution is -0.121. The van der Waals surface area contributed by atoms with Gasteiger partial charge in [-0.1, -0.05) is 35.9 Å². The molecule has 190 valence electrons. The molecule has 0 aliphatic carbocycles. The van der Waals surface area contributed by atoms with E-state index >= 15 is 0 Å². The lowest BCUT2D eigenvalue weighted by Crippen LogP contribution is -2.37. The van der Waals surface area contributed by atoms with Gasteiger partial charge in [0.05, 0.1) is 17.7 Å². The zero-order valence-corrected chi connectivity index (χ0v) is 21.8. The van der Waals surface area contributed by atoms with Crippen LogP contribution >= 0.6 is 0 Å². The van der Waals surface area contributed by atoms with Gasteiger partial charge in [0, 0.05) is 18.2 Å². The van der Waals surface area contributed by atoms with Crippen molar-refractivity contribution in [1.82, 2.24) is 4.90 Å². The van der Waals surface area contributed by atoms with Crippen LogP contribution in [0.3, 0.4) is 0 Å². The highest BCUT2D eigenvalue weighted by Crippen LogP contribution is 2.28. The maximum Gasteiger partial charge on any atom is 0.262 e. The Balaban J connectivity index is 1.32. The van der Waals surface area contributed by atoms with Gasteiger partial charge >= 0.3 is 0 Å². The maximum absolute atomic E-state index is 12.9. The first-order valence-electron chi connectivity index (χ1n) is 12.1. The zero-order valence-electron chi connectivity index (χ0n) is 21.0. The summed E-state index contributed by atoms with van der Waals surface area (Å²) in [6.07, 6.45) is 1.60. The van der Waals surface area contributed by atoms with E-state index in [2.05, 4.69) is 46.1 Å². The Labute approximate surface area is 213 Å². The summed E-state index contributed by atoms with van der Waals surface area (Å²) in [5.74, 6) is 0.360. The minimum atomic E-state index is -3.81. The molecule has 0 unspecified atom stereocenters. The Morgan fingerprint density at radius 1 is 0.944 bits per heavy atom. The zero-order chi connectivity index (χ0) is 25.7. The lowest BCUT2D eigenvalue weighted by atomic mass is 9.95. The van der Waals surface area contributed by atoms with Gasteiger partial charge in [-0.2, -0.15) is 0 Å². The van der Waals surface area contributed by atoms with E-state index in [1.54, 1.807) is 24.3 Å². The number of ether oxygens (including phenoxy) is 1. The third kappa shape index (κ3) is 6.44. The topological polar surface area (TPSA) is 87.7 Å². The van der Waals surface area contributed by atoms with Crippen LogP contribution in [0, 0.1) is 19.8 Å². The van der Waals surface area contributed by atoms with Crippen LogP contribution in [0.15, 0.2) is 71.6 Å². The molecule has 0 spiro atoms. The molecule has 3 aromatic carbocycles. The number of hydrogen-bond donors (Lipinski definition) is 2. The number of rotatable bonds is 8. The molecule has 0 bridgehead atoms. The van der Waals surface area contributed by atoms with Crippen LogP contribution in [-0.4, -0.2) is 39.4 Å². The van der Waals surface area contributed by atoms with Gasteiger partial charge in [-0.05, 0) is 87.3 Å². The molecule has 1 aliphatic rings. The molecule has 36 heavy (non-hydrogen) atoms. The van der Waals surface area contributed by atoms with E-state index in [-0.39, 0.29) is 16.7 Å². The molecule has 0 radical (unpaired) electrons. The standard InChI is InChI=1S/C28H33N3O4S/c1-20-4-7-22(8-5-20)19-31-16-14-23(15-17-31)28(32)29-24-9-11-25(12-10-24)36(33,34)30-26-18-21(2)6-13-27(26)35-3/h4-13,18,23,30H,14-17,19H2,1-3H3,(H,29,32). The Morgan fingerprint density at radius 2 is 1.58 bits per heavy atom. The number of amides is 1. The molecule has 0 atom stereocenters. The van der Waals surface area contributed by atoms with Crippen molar-refractivity contribution in [1.29, 1.82) is 0 Å². The second-order valence-electron chi connectivity index (χ2n) is 9.36. The molecule has 1 fully saturated rings. The van der Waals surface area contributed by atoms with E-state index in [4.69, 9.17) is 4.74 Å². The van der Waals surface area contributed by atoms with Crippen molar-refractivity contribution in [2.24, 2.45) is 5.92 Å². The molecule has 1 amide bonds. The van der Waals surface area contributed by atoms with Gasteiger partial charge in [-0.3, -0.25) is 14.4 Å². The quantitative estimate of drug-likeness (QED) is 0.450. The second-order valence-corrected chi connectivity index (χ2v) is 11.0. The van der Waals surface area contributed by atoms with Gasteiger partial charge < -0.3 is 10.1 Å². The van der Waals surface area contributed by atoms with Crippen LogP contribution < -0.4 is 14.8 Å². The third-order valence-electron chi connectivity index (χ3n) is 6.52. The molecule has 4 rings (SSSR count). The molecule has 1 aliphatic heterocycles. The fourth-order valence-corrected chi connectivity index (χ4v) is 5.43. The number of sulfonamides is 1. The SMILES string of the molecule is COc1ccc(C)cc1NS(=O)(=O)c1ccc(NC(=O)C2CCN(Cc3ccc(C)cc3)CC2)cc1. The molecule has 1 saturated heterocycles. The van der Waals surface area contributed by atoms with Gasteiger partial charge in [-0.25, -0.2) is 8.42 Å². The van der Waals surface area contributed by atoms with Crippen molar-refractivity contribution < 1.29 is 17.9 Å². The Hall–Kier alpha value is -3.36. The number of methoxy groups -OCH3 is 1. The highest BCUT2D eigenvalue weighted by Gasteiger charge is 2.25. The number of carbonyl (C=O) groups excluding carboxylic acids is 1. The number of nitrogens with zero attached hydrogens (tertiary/aromatic N) is 1. The van der Waals surface area contributed by atoms with Gasteiger partial charge in [0.25, 0.3) is 10.0 Å². The van der Waals surface area contributed by atoms with E-state index in [1.807, 2.05) is 13.0 Å². The molecule has 1 heterocycles. The largest absolute Gasteiger partial charge is 0.495 e. The van der Waals surface area contributed by atoms with Crippen LogP contribution in [0.5, 0.6) is 5.75 Å². The number of piperidine rings is 1. The summed E-state index contributed by atoms with van der Waals surface area (Å²) in [6, 6.07) is 20.1. The Kier molecular flexibility index (Phi) is 7.96. The van der Waals surface area contributed by atoms with E-state index < -0.39 is 10.0 Å². The summed E-state index contributed by atoms with van der Waals surface area (Å²) < 4.78 is 33.6. The van der Waals surface area contributed by atoms with E-state index in [0.717, 1.165) is 38.0 Å². The molecule has 8 heteroatoms. The predicted octanol–water partition coefficient (Wildman–Crippen LogP) is 4.96. The van der Waals surface area contributed by atoms with Crippen LogP contribution in [0.25, 0.3) is 0 Å². The maximum atomic E-state index is 12.9. The van der Waals surface area contributed by atoms with Crippen molar-refractivity contribution in [3.63, 3.8) is 0 Å². The van der Waals surface area contributed by atoms with Crippen molar-refractivity contribution in [3.8, 4) is 5.75 Å². The van der Waals surface area contributed by atoms with Crippen LogP contribution in [-0.2, 0) is 21.4 Å². The third-order valence-corrected chi connectivity index (χ3v) is 7.90. The number of benzene rings is 3. The summed E-state index contributed by atoms with van der Waals surface area (Å²) in [5, 5.41) is 2.94. The first-order chi connectivity index (χ1) is 17.2. The number of nitrogens with one attached hydrogen (secondary N) is 2. The van der Waals surface area contributed by atoms with Gasteiger partial charge in [-0.15, -0.1) is 0 Å². The van der Waals surface area contributed by atoms with Gasteiger partial charge in [0.15, 0.2) is 0 Å². The normalized spacial score (nSPS) is 14.9. The van der Waals surface area contributed by atoms with Gasteiger partial charge in [0.2, 0.25) is 5.91 Å². The lowest BCUT2D eigenvalue weighted by Gasteiger charge is -2.31. The van der Waals surface area contributed by atoms with Crippen LogP contribution in [0.2, 0.25) is 0 Å². The highest BCUT2D eigenvalue weighted by atomic mass is 32.2. The number of hydrogen-bond acceptors (Lipinski definition) is 5. The van der Waals surface area contributed by atoms with Crippen LogP contribution in [0.4, 0.5) is 11.4 Å². The Bertz CT molecular complexity index is 1300. The summed E-state index contributed by atoms with van der Waals surface area (Å²) in [4.78, 5) is 15.3. The number of anilines is 2.